The molecule has 3 rings (SSSR count). The number of carbonyl (C=O) groups excluding carboxylic acids is 1. The molecule has 0 aliphatic rings. The van der Waals surface area contributed by atoms with Gasteiger partial charge in [0.05, 0.1) is 23.4 Å². The highest BCUT2D eigenvalue weighted by molar-refractivity contribution is 7.23. The summed E-state index contributed by atoms with van der Waals surface area (Å²) in [6, 6.07) is 10.7. The number of carbonyl (C=O) groups is 1. The third kappa shape index (κ3) is 4.70. The Labute approximate surface area is 167 Å². The Morgan fingerprint density at radius 3 is 2.89 bits per heavy atom. The minimum Gasteiger partial charge on any atom is -0.494 e. The molecule has 142 valence electrons. The maximum Gasteiger partial charge on any atom is 0.257 e. The summed E-state index contributed by atoms with van der Waals surface area (Å²) in [6.45, 7) is 2.80. The van der Waals surface area contributed by atoms with E-state index >= 15 is 0 Å². The summed E-state index contributed by atoms with van der Waals surface area (Å²) in [5, 5.41) is 3.87. The lowest BCUT2D eigenvalue weighted by atomic mass is 10.2. The van der Waals surface area contributed by atoms with E-state index in [2.05, 4.69) is 17.2 Å². The zero-order valence-electron chi connectivity index (χ0n) is 15.3. The predicted molar refractivity (Wildman–Crippen MR) is 111 cm³/mol. The van der Waals surface area contributed by atoms with Crippen LogP contribution in [0.4, 0.5) is 5.13 Å². The van der Waals surface area contributed by atoms with E-state index in [0.717, 1.165) is 24.0 Å². The van der Waals surface area contributed by atoms with Crippen molar-refractivity contribution < 1.29 is 14.3 Å². The standard InChI is InChI=1S/C20H21ClN2O3S/c1-3-4-5-11-26-14-8-6-7-13(12-14)19(24)23-20-22-17-16(25-2)10-9-15(21)18(17)27-20/h6-10,12H,3-5,11H2,1-2H3,(H,22,23,24). The number of fused-ring (bicyclic) bond motifs is 1. The van der Waals surface area contributed by atoms with Crippen LogP contribution in [0.3, 0.4) is 0 Å². The lowest BCUT2D eigenvalue weighted by molar-refractivity contribution is 0.102. The molecule has 0 aliphatic carbocycles. The van der Waals surface area contributed by atoms with E-state index in [-0.39, 0.29) is 5.91 Å². The van der Waals surface area contributed by atoms with Gasteiger partial charge in [-0.2, -0.15) is 0 Å². The summed E-state index contributed by atoms with van der Waals surface area (Å²) in [5.41, 5.74) is 1.15. The summed E-state index contributed by atoms with van der Waals surface area (Å²) in [5.74, 6) is 1.06. The van der Waals surface area contributed by atoms with E-state index in [4.69, 9.17) is 21.1 Å². The molecule has 0 aliphatic heterocycles. The lowest BCUT2D eigenvalue weighted by Gasteiger charge is -2.07. The molecule has 0 saturated carbocycles. The number of thiazole rings is 1. The van der Waals surface area contributed by atoms with E-state index in [1.807, 2.05) is 12.1 Å². The summed E-state index contributed by atoms with van der Waals surface area (Å²) >= 11 is 7.54. The molecule has 0 bridgehead atoms. The first kappa shape index (κ1) is 19.5. The molecule has 27 heavy (non-hydrogen) atoms. The second-order valence-electron chi connectivity index (χ2n) is 5.98. The molecule has 0 spiro atoms. The number of nitrogens with one attached hydrogen (secondary N) is 1. The Hall–Kier alpha value is -2.31. The minimum atomic E-state index is -0.247. The Balaban J connectivity index is 1.74. The van der Waals surface area contributed by atoms with Crippen LogP contribution in [0.15, 0.2) is 36.4 Å². The highest BCUT2D eigenvalue weighted by Gasteiger charge is 2.15. The minimum absolute atomic E-state index is 0.247. The van der Waals surface area contributed by atoms with Gasteiger partial charge in [-0.3, -0.25) is 10.1 Å². The largest absolute Gasteiger partial charge is 0.494 e. The van der Waals surface area contributed by atoms with Gasteiger partial charge in [-0.05, 0) is 36.8 Å². The highest BCUT2D eigenvalue weighted by Crippen LogP contribution is 2.37. The maximum absolute atomic E-state index is 12.6. The van der Waals surface area contributed by atoms with Crippen molar-refractivity contribution in [1.82, 2.24) is 4.98 Å². The molecule has 5 nitrogen and oxygen atoms in total. The van der Waals surface area contributed by atoms with Gasteiger partial charge in [0.15, 0.2) is 5.13 Å². The molecule has 1 amide bonds. The van der Waals surface area contributed by atoms with Gasteiger partial charge >= 0.3 is 0 Å². The van der Waals surface area contributed by atoms with Crippen LogP contribution in [0.2, 0.25) is 5.02 Å². The first-order valence-corrected chi connectivity index (χ1v) is 9.99. The SMILES string of the molecule is CCCCCOc1cccc(C(=O)Nc2nc3c(OC)ccc(Cl)c3s2)c1. The fraction of sp³-hybridized carbons (Fsp3) is 0.300. The van der Waals surface area contributed by atoms with Crippen molar-refractivity contribution in [2.75, 3.05) is 19.0 Å². The summed E-state index contributed by atoms with van der Waals surface area (Å²) in [4.78, 5) is 17.0. The van der Waals surface area contributed by atoms with Gasteiger partial charge in [0.25, 0.3) is 5.91 Å². The average Bonchev–Trinajstić information content (AvgIpc) is 3.10. The molecule has 1 N–H and O–H groups in total. The normalized spacial score (nSPS) is 10.8. The van der Waals surface area contributed by atoms with Gasteiger partial charge in [0.2, 0.25) is 0 Å². The molecule has 1 heterocycles. The molecular formula is C20H21ClN2O3S. The van der Waals surface area contributed by atoms with Crippen molar-refractivity contribution in [3.63, 3.8) is 0 Å². The number of ether oxygens (including phenoxy) is 2. The maximum atomic E-state index is 12.6. The summed E-state index contributed by atoms with van der Waals surface area (Å²) in [7, 11) is 1.58. The second kappa shape index (κ2) is 9.06. The summed E-state index contributed by atoms with van der Waals surface area (Å²) < 4.78 is 11.8. The number of halogens is 1. The van der Waals surface area contributed by atoms with E-state index < -0.39 is 0 Å². The number of rotatable bonds is 8. The van der Waals surface area contributed by atoms with Crippen molar-refractivity contribution in [2.24, 2.45) is 0 Å². The molecular weight excluding hydrogens is 384 g/mol. The Kier molecular flexibility index (Phi) is 6.53. The number of nitrogens with zero attached hydrogens (tertiary/aromatic N) is 1. The van der Waals surface area contributed by atoms with Gasteiger partial charge in [-0.15, -0.1) is 0 Å². The number of methoxy groups -OCH3 is 1. The molecule has 7 heteroatoms. The smallest absolute Gasteiger partial charge is 0.257 e. The first-order chi connectivity index (χ1) is 13.1. The van der Waals surface area contributed by atoms with Crippen LogP contribution in [-0.2, 0) is 0 Å². The Bertz CT molecular complexity index is 942. The fourth-order valence-electron chi connectivity index (χ4n) is 2.61. The molecule has 0 fully saturated rings. The zero-order valence-corrected chi connectivity index (χ0v) is 16.8. The van der Waals surface area contributed by atoms with Gasteiger partial charge < -0.3 is 9.47 Å². The second-order valence-corrected chi connectivity index (χ2v) is 7.39. The van der Waals surface area contributed by atoms with Crippen molar-refractivity contribution in [3.05, 3.63) is 47.0 Å². The van der Waals surface area contributed by atoms with Crippen molar-refractivity contribution in [1.29, 1.82) is 0 Å². The first-order valence-electron chi connectivity index (χ1n) is 8.79. The van der Waals surface area contributed by atoms with Gasteiger partial charge in [0, 0.05) is 5.56 Å². The van der Waals surface area contributed by atoms with Gasteiger partial charge in [-0.1, -0.05) is 48.8 Å². The number of unbranched alkanes of at least 4 members (excludes halogenated alkanes) is 2. The predicted octanol–water partition coefficient (Wildman–Crippen LogP) is 5.78. The molecule has 0 unspecified atom stereocenters. The van der Waals surface area contributed by atoms with Gasteiger partial charge in [-0.25, -0.2) is 4.98 Å². The monoisotopic (exact) mass is 404 g/mol. The molecule has 1 aromatic heterocycles. The number of hydrogen-bond acceptors (Lipinski definition) is 5. The Morgan fingerprint density at radius 1 is 1.26 bits per heavy atom. The van der Waals surface area contributed by atoms with Crippen LogP contribution in [0.1, 0.15) is 36.5 Å². The number of amides is 1. The van der Waals surface area contributed by atoms with E-state index in [9.17, 15) is 4.79 Å². The van der Waals surface area contributed by atoms with Crippen molar-refractivity contribution in [2.45, 2.75) is 26.2 Å². The molecule has 0 radical (unpaired) electrons. The number of anilines is 1. The third-order valence-electron chi connectivity index (χ3n) is 4.01. The van der Waals surface area contributed by atoms with Crippen LogP contribution >= 0.6 is 22.9 Å². The fourth-order valence-corrected chi connectivity index (χ4v) is 3.76. The molecule has 2 aromatic carbocycles. The highest BCUT2D eigenvalue weighted by atomic mass is 35.5. The van der Waals surface area contributed by atoms with Crippen molar-refractivity contribution >= 4 is 44.2 Å². The van der Waals surface area contributed by atoms with Gasteiger partial charge in [0.1, 0.15) is 17.0 Å². The zero-order chi connectivity index (χ0) is 19.2. The van der Waals surface area contributed by atoms with Crippen molar-refractivity contribution in [3.8, 4) is 11.5 Å². The Morgan fingerprint density at radius 2 is 2.11 bits per heavy atom. The third-order valence-corrected chi connectivity index (χ3v) is 5.44. The summed E-state index contributed by atoms with van der Waals surface area (Å²) in [6.07, 6.45) is 3.27. The van der Waals surface area contributed by atoms with E-state index in [1.54, 1.807) is 31.4 Å². The number of hydrogen-bond donors (Lipinski definition) is 1. The van der Waals surface area contributed by atoms with E-state index in [0.29, 0.717) is 39.3 Å². The number of aromatic nitrogens is 1. The quantitative estimate of drug-likeness (QED) is 0.483. The van der Waals surface area contributed by atoms with Crippen LogP contribution in [0.25, 0.3) is 10.2 Å². The van der Waals surface area contributed by atoms with Crippen LogP contribution in [0.5, 0.6) is 11.5 Å². The molecule has 0 saturated heterocycles. The van der Waals surface area contributed by atoms with Crippen LogP contribution in [-0.4, -0.2) is 24.6 Å². The number of benzene rings is 2. The van der Waals surface area contributed by atoms with E-state index in [1.165, 1.54) is 11.3 Å². The average molecular weight is 405 g/mol. The topological polar surface area (TPSA) is 60.5 Å². The molecule has 3 aromatic rings. The van der Waals surface area contributed by atoms with Crippen LogP contribution < -0.4 is 14.8 Å². The molecule has 0 atom stereocenters. The lowest BCUT2D eigenvalue weighted by Crippen LogP contribution is -2.11. The van der Waals surface area contributed by atoms with Crippen LogP contribution in [0, 0.1) is 0 Å².